The number of carbonyl (C=O) groups is 1. The molecule has 1 heterocycles. The quantitative estimate of drug-likeness (QED) is 0.606. The first kappa shape index (κ1) is 18.0. The van der Waals surface area contributed by atoms with Gasteiger partial charge in [-0.05, 0) is 36.4 Å². The van der Waals surface area contributed by atoms with Crippen molar-refractivity contribution in [3.63, 3.8) is 0 Å². The molecule has 0 saturated heterocycles. The Morgan fingerprint density at radius 3 is 2.65 bits per heavy atom. The lowest BCUT2D eigenvalue weighted by molar-refractivity contribution is -0.121. The average molecular weight is 371 g/mol. The molecule has 0 saturated carbocycles. The van der Waals surface area contributed by atoms with Gasteiger partial charge in [0, 0.05) is 23.4 Å². The molecular formula is C20H19ClN2O3. The van der Waals surface area contributed by atoms with Gasteiger partial charge in [0.2, 0.25) is 5.91 Å². The summed E-state index contributed by atoms with van der Waals surface area (Å²) in [7, 11) is 0. The highest BCUT2D eigenvalue weighted by Crippen LogP contribution is 2.22. The minimum atomic E-state index is -0.0621. The zero-order valence-corrected chi connectivity index (χ0v) is 14.9. The lowest BCUT2D eigenvalue weighted by Crippen LogP contribution is -2.28. The van der Waals surface area contributed by atoms with Crippen molar-refractivity contribution in [2.24, 2.45) is 0 Å². The summed E-state index contributed by atoms with van der Waals surface area (Å²) in [5, 5.41) is 3.49. The third-order valence-corrected chi connectivity index (χ3v) is 3.94. The first-order valence-corrected chi connectivity index (χ1v) is 8.74. The van der Waals surface area contributed by atoms with Crippen LogP contribution in [0, 0.1) is 0 Å². The molecule has 0 bridgehead atoms. The predicted molar refractivity (Wildman–Crippen MR) is 100 cm³/mol. The van der Waals surface area contributed by atoms with Gasteiger partial charge in [-0.25, -0.2) is 4.98 Å². The third kappa shape index (κ3) is 5.36. The van der Waals surface area contributed by atoms with Crippen LogP contribution in [0.1, 0.15) is 12.3 Å². The van der Waals surface area contributed by atoms with E-state index >= 15 is 0 Å². The van der Waals surface area contributed by atoms with E-state index in [1.54, 1.807) is 18.3 Å². The van der Waals surface area contributed by atoms with E-state index in [4.69, 9.17) is 20.8 Å². The van der Waals surface area contributed by atoms with Gasteiger partial charge in [-0.2, -0.15) is 0 Å². The lowest BCUT2D eigenvalue weighted by Gasteiger charge is -2.07. The van der Waals surface area contributed by atoms with Crippen LogP contribution >= 0.6 is 11.6 Å². The molecule has 0 aliphatic rings. The maximum atomic E-state index is 11.9. The molecule has 0 aliphatic carbocycles. The van der Waals surface area contributed by atoms with Gasteiger partial charge in [-0.3, -0.25) is 4.79 Å². The Hall–Kier alpha value is -2.79. The monoisotopic (exact) mass is 370 g/mol. The van der Waals surface area contributed by atoms with Crippen molar-refractivity contribution in [2.45, 2.75) is 12.8 Å². The first-order valence-electron chi connectivity index (χ1n) is 8.36. The highest BCUT2D eigenvalue weighted by Gasteiger charge is 2.09. The van der Waals surface area contributed by atoms with Crippen molar-refractivity contribution in [1.82, 2.24) is 10.3 Å². The van der Waals surface area contributed by atoms with E-state index in [-0.39, 0.29) is 5.91 Å². The number of nitrogens with one attached hydrogen (secondary N) is 1. The molecule has 5 nitrogen and oxygen atoms in total. The summed E-state index contributed by atoms with van der Waals surface area (Å²) >= 11 is 5.88. The van der Waals surface area contributed by atoms with E-state index in [9.17, 15) is 4.79 Å². The molecule has 26 heavy (non-hydrogen) atoms. The van der Waals surface area contributed by atoms with Crippen LogP contribution in [0.15, 0.2) is 65.2 Å². The zero-order valence-electron chi connectivity index (χ0n) is 14.2. The minimum absolute atomic E-state index is 0.0621. The molecule has 134 valence electrons. The number of aryl methyl sites for hydroxylation is 1. The Balaban J connectivity index is 1.38. The van der Waals surface area contributed by atoms with Crippen molar-refractivity contribution >= 4 is 17.5 Å². The topological polar surface area (TPSA) is 64.4 Å². The standard InChI is InChI=1S/C20H19ClN2O3/c21-16-8-6-15(7-9-16)18-14-23-20(26-18)11-10-19(24)22-12-13-25-17-4-2-1-3-5-17/h1-9,14H,10-13H2,(H,22,24). The van der Waals surface area contributed by atoms with Gasteiger partial charge in [0.15, 0.2) is 11.7 Å². The molecule has 3 aromatic rings. The Bertz CT molecular complexity index is 832. The zero-order chi connectivity index (χ0) is 18.2. The summed E-state index contributed by atoms with van der Waals surface area (Å²) in [5.41, 5.74) is 0.899. The number of hydrogen-bond donors (Lipinski definition) is 1. The minimum Gasteiger partial charge on any atom is -0.492 e. The molecule has 0 spiro atoms. The normalized spacial score (nSPS) is 10.5. The third-order valence-electron chi connectivity index (χ3n) is 3.68. The van der Waals surface area contributed by atoms with Crippen molar-refractivity contribution in [3.8, 4) is 17.1 Å². The van der Waals surface area contributed by atoms with Gasteiger partial charge in [0.25, 0.3) is 0 Å². The largest absolute Gasteiger partial charge is 0.492 e. The summed E-state index contributed by atoms with van der Waals surface area (Å²) in [6.07, 6.45) is 2.41. The molecule has 3 rings (SSSR count). The summed E-state index contributed by atoms with van der Waals surface area (Å²) in [4.78, 5) is 16.1. The number of hydrogen-bond acceptors (Lipinski definition) is 4. The Labute approximate surface area is 157 Å². The molecule has 2 aromatic carbocycles. The molecule has 0 radical (unpaired) electrons. The molecule has 0 atom stereocenters. The smallest absolute Gasteiger partial charge is 0.220 e. The fourth-order valence-corrected chi connectivity index (χ4v) is 2.48. The number of aromatic nitrogens is 1. The number of halogens is 1. The number of amides is 1. The maximum absolute atomic E-state index is 11.9. The number of nitrogens with zero attached hydrogens (tertiary/aromatic N) is 1. The van der Waals surface area contributed by atoms with E-state index in [0.29, 0.717) is 42.7 Å². The first-order chi connectivity index (χ1) is 12.7. The van der Waals surface area contributed by atoms with E-state index in [0.717, 1.165) is 11.3 Å². The van der Waals surface area contributed by atoms with Gasteiger partial charge < -0.3 is 14.5 Å². The number of para-hydroxylation sites is 1. The summed E-state index contributed by atoms with van der Waals surface area (Å²) < 4.78 is 11.2. The van der Waals surface area contributed by atoms with Crippen LogP contribution in [0.2, 0.25) is 5.02 Å². The Kier molecular flexibility index (Phi) is 6.28. The van der Waals surface area contributed by atoms with Crippen molar-refractivity contribution < 1.29 is 13.9 Å². The molecule has 1 amide bonds. The second-order valence-corrected chi connectivity index (χ2v) is 6.07. The van der Waals surface area contributed by atoms with Crippen LogP contribution in [0.3, 0.4) is 0 Å². The van der Waals surface area contributed by atoms with E-state index in [2.05, 4.69) is 10.3 Å². The molecular weight excluding hydrogens is 352 g/mol. The fourth-order valence-electron chi connectivity index (χ4n) is 2.36. The van der Waals surface area contributed by atoms with Crippen LogP contribution in [0.5, 0.6) is 5.75 Å². The van der Waals surface area contributed by atoms with Crippen LogP contribution in [0.4, 0.5) is 0 Å². The van der Waals surface area contributed by atoms with Crippen LogP contribution < -0.4 is 10.1 Å². The second-order valence-electron chi connectivity index (χ2n) is 5.64. The summed E-state index contributed by atoms with van der Waals surface area (Å²) in [6, 6.07) is 16.8. The molecule has 1 N–H and O–H groups in total. The lowest BCUT2D eigenvalue weighted by atomic mass is 10.2. The number of ether oxygens (including phenoxy) is 1. The SMILES string of the molecule is O=C(CCc1ncc(-c2ccc(Cl)cc2)o1)NCCOc1ccccc1. The second kappa shape index (κ2) is 9.06. The van der Waals surface area contributed by atoms with E-state index in [1.807, 2.05) is 42.5 Å². The molecule has 6 heteroatoms. The van der Waals surface area contributed by atoms with Gasteiger partial charge in [-0.15, -0.1) is 0 Å². The summed E-state index contributed by atoms with van der Waals surface area (Å²) in [6.45, 7) is 0.880. The van der Waals surface area contributed by atoms with Crippen LogP contribution in [-0.2, 0) is 11.2 Å². The van der Waals surface area contributed by atoms with Gasteiger partial charge >= 0.3 is 0 Å². The van der Waals surface area contributed by atoms with Crippen molar-refractivity contribution in [2.75, 3.05) is 13.2 Å². The van der Waals surface area contributed by atoms with Gasteiger partial charge in [-0.1, -0.05) is 29.8 Å². The number of rotatable bonds is 8. The summed E-state index contributed by atoms with van der Waals surface area (Å²) in [5.74, 6) is 1.92. The Morgan fingerprint density at radius 1 is 1.12 bits per heavy atom. The molecule has 0 aliphatic heterocycles. The van der Waals surface area contributed by atoms with Crippen molar-refractivity contribution in [1.29, 1.82) is 0 Å². The molecule has 1 aromatic heterocycles. The highest BCUT2D eigenvalue weighted by molar-refractivity contribution is 6.30. The average Bonchev–Trinajstić information content (AvgIpc) is 3.14. The number of oxazole rings is 1. The van der Waals surface area contributed by atoms with E-state index < -0.39 is 0 Å². The van der Waals surface area contributed by atoms with Gasteiger partial charge in [0.05, 0.1) is 12.7 Å². The maximum Gasteiger partial charge on any atom is 0.220 e. The van der Waals surface area contributed by atoms with E-state index in [1.165, 1.54) is 0 Å². The predicted octanol–water partition coefficient (Wildman–Crippen LogP) is 4.12. The Morgan fingerprint density at radius 2 is 1.88 bits per heavy atom. The number of carbonyl (C=O) groups excluding carboxylic acids is 1. The highest BCUT2D eigenvalue weighted by atomic mass is 35.5. The molecule has 0 fully saturated rings. The molecule has 0 unspecified atom stereocenters. The fraction of sp³-hybridized carbons (Fsp3) is 0.200. The van der Waals surface area contributed by atoms with Crippen LogP contribution in [0.25, 0.3) is 11.3 Å². The van der Waals surface area contributed by atoms with Crippen molar-refractivity contribution in [3.05, 3.63) is 71.7 Å². The van der Waals surface area contributed by atoms with Crippen LogP contribution in [-0.4, -0.2) is 24.0 Å². The van der Waals surface area contributed by atoms with Gasteiger partial charge in [0.1, 0.15) is 12.4 Å². The number of benzene rings is 2.